The van der Waals surface area contributed by atoms with Crippen LogP contribution in [0.1, 0.15) is 21.6 Å². The highest BCUT2D eigenvalue weighted by atomic mass is 19.4. The van der Waals surface area contributed by atoms with E-state index in [1.54, 1.807) is 24.3 Å². The molecular weight excluding hydrogens is 347 g/mol. The fourth-order valence-corrected chi connectivity index (χ4v) is 2.28. The van der Waals surface area contributed by atoms with Gasteiger partial charge >= 0.3 is 6.18 Å². The largest absolute Gasteiger partial charge is 0.444 e. The highest BCUT2D eigenvalue weighted by Crippen LogP contribution is 2.29. The summed E-state index contributed by atoms with van der Waals surface area (Å²) in [6.45, 7) is 0.0621. The number of para-hydroxylation sites is 1. The van der Waals surface area contributed by atoms with Gasteiger partial charge in [0.25, 0.3) is 5.91 Å². The summed E-state index contributed by atoms with van der Waals surface area (Å²) in [4.78, 5) is 16.2. The minimum atomic E-state index is -4.39. The number of benzene rings is 2. The molecule has 8 heteroatoms. The molecule has 0 aliphatic carbocycles. The van der Waals surface area contributed by atoms with E-state index in [1.165, 1.54) is 18.4 Å². The molecule has 3 rings (SSSR count). The maximum atomic E-state index is 12.5. The smallest absolute Gasteiger partial charge is 0.416 e. The fraction of sp³-hybridized carbons (Fsp3) is 0.111. The third-order valence-electron chi connectivity index (χ3n) is 3.66. The van der Waals surface area contributed by atoms with E-state index < -0.39 is 17.6 Å². The first kappa shape index (κ1) is 17.5. The first-order valence-corrected chi connectivity index (χ1v) is 7.59. The van der Waals surface area contributed by atoms with Crippen LogP contribution in [0.2, 0.25) is 0 Å². The summed E-state index contributed by atoms with van der Waals surface area (Å²) < 4.78 is 42.9. The van der Waals surface area contributed by atoms with Crippen LogP contribution in [0.25, 0.3) is 11.5 Å². The Hall–Kier alpha value is -3.29. The minimum absolute atomic E-state index is 0.0511. The van der Waals surface area contributed by atoms with Gasteiger partial charge in [-0.3, -0.25) is 4.79 Å². The number of aromatic nitrogens is 1. The second kappa shape index (κ2) is 6.91. The van der Waals surface area contributed by atoms with Crippen LogP contribution in [0, 0.1) is 0 Å². The number of rotatable bonds is 4. The SMILES string of the molecule is Nc1ccccc1-c1nc(C(=O)NCc2ccc(C(F)(F)F)cc2)co1. The molecule has 0 fully saturated rings. The van der Waals surface area contributed by atoms with Crippen LogP contribution in [0.4, 0.5) is 18.9 Å². The van der Waals surface area contributed by atoms with E-state index in [1.807, 2.05) is 0 Å². The number of anilines is 1. The van der Waals surface area contributed by atoms with Crippen molar-refractivity contribution < 1.29 is 22.4 Å². The minimum Gasteiger partial charge on any atom is -0.444 e. The van der Waals surface area contributed by atoms with Gasteiger partial charge in [0.15, 0.2) is 5.69 Å². The van der Waals surface area contributed by atoms with Gasteiger partial charge in [0, 0.05) is 12.2 Å². The van der Waals surface area contributed by atoms with Crippen LogP contribution in [0.15, 0.2) is 59.2 Å². The van der Waals surface area contributed by atoms with Gasteiger partial charge < -0.3 is 15.5 Å². The molecule has 0 saturated heterocycles. The summed E-state index contributed by atoms with van der Waals surface area (Å²) >= 11 is 0. The molecule has 1 amide bonds. The number of alkyl halides is 3. The number of hydrogen-bond donors (Lipinski definition) is 2. The maximum absolute atomic E-state index is 12.5. The molecule has 3 N–H and O–H groups in total. The van der Waals surface area contributed by atoms with Crippen LogP contribution in [-0.4, -0.2) is 10.9 Å². The van der Waals surface area contributed by atoms with E-state index in [0.717, 1.165) is 12.1 Å². The summed E-state index contributed by atoms with van der Waals surface area (Å²) in [5.41, 5.74) is 6.70. The lowest BCUT2D eigenvalue weighted by atomic mass is 10.1. The van der Waals surface area contributed by atoms with Crippen molar-refractivity contribution in [2.75, 3.05) is 5.73 Å². The van der Waals surface area contributed by atoms with Gasteiger partial charge in [0.2, 0.25) is 5.89 Å². The Balaban J connectivity index is 1.65. The zero-order chi connectivity index (χ0) is 18.7. The molecule has 1 aromatic heterocycles. The zero-order valence-corrected chi connectivity index (χ0v) is 13.4. The Kier molecular flexibility index (Phi) is 4.66. The quantitative estimate of drug-likeness (QED) is 0.691. The molecule has 0 unspecified atom stereocenters. The van der Waals surface area contributed by atoms with Crippen LogP contribution in [0.3, 0.4) is 0 Å². The molecule has 0 atom stereocenters. The van der Waals surface area contributed by atoms with Gasteiger partial charge in [-0.1, -0.05) is 24.3 Å². The fourth-order valence-electron chi connectivity index (χ4n) is 2.28. The van der Waals surface area contributed by atoms with Gasteiger partial charge in [-0.05, 0) is 29.8 Å². The summed E-state index contributed by atoms with van der Waals surface area (Å²) in [6, 6.07) is 11.5. The van der Waals surface area contributed by atoms with Crippen molar-refractivity contribution in [1.82, 2.24) is 10.3 Å². The Labute approximate surface area is 146 Å². The average molecular weight is 361 g/mol. The van der Waals surface area contributed by atoms with Gasteiger partial charge in [-0.2, -0.15) is 13.2 Å². The van der Waals surface area contributed by atoms with Crippen molar-refractivity contribution in [2.24, 2.45) is 0 Å². The van der Waals surface area contributed by atoms with Crippen LogP contribution < -0.4 is 11.1 Å². The summed E-state index contributed by atoms with van der Waals surface area (Å²) in [5.74, 6) is -0.294. The number of nitrogens with two attached hydrogens (primary N) is 1. The lowest BCUT2D eigenvalue weighted by Gasteiger charge is -2.08. The van der Waals surface area contributed by atoms with Crippen molar-refractivity contribution >= 4 is 11.6 Å². The Morgan fingerprint density at radius 3 is 2.46 bits per heavy atom. The van der Waals surface area contributed by atoms with Crippen molar-refractivity contribution in [3.05, 3.63) is 71.6 Å². The van der Waals surface area contributed by atoms with Crippen molar-refractivity contribution in [2.45, 2.75) is 12.7 Å². The second-order valence-corrected chi connectivity index (χ2v) is 5.50. The molecule has 1 heterocycles. The molecule has 134 valence electrons. The van der Waals surface area contributed by atoms with E-state index >= 15 is 0 Å². The van der Waals surface area contributed by atoms with E-state index in [-0.39, 0.29) is 18.1 Å². The molecule has 0 spiro atoms. The first-order chi connectivity index (χ1) is 12.3. The predicted molar refractivity (Wildman–Crippen MR) is 89.0 cm³/mol. The Morgan fingerprint density at radius 2 is 1.81 bits per heavy atom. The third-order valence-corrected chi connectivity index (χ3v) is 3.66. The van der Waals surface area contributed by atoms with Crippen LogP contribution >= 0.6 is 0 Å². The van der Waals surface area contributed by atoms with Crippen molar-refractivity contribution in [3.8, 4) is 11.5 Å². The number of hydrogen-bond acceptors (Lipinski definition) is 4. The molecule has 5 nitrogen and oxygen atoms in total. The Morgan fingerprint density at radius 1 is 1.12 bits per heavy atom. The number of amides is 1. The number of carbonyl (C=O) groups is 1. The summed E-state index contributed by atoms with van der Waals surface area (Å²) in [5, 5.41) is 2.58. The molecule has 0 aliphatic rings. The van der Waals surface area contributed by atoms with Gasteiger partial charge in [0.1, 0.15) is 6.26 Å². The van der Waals surface area contributed by atoms with E-state index in [9.17, 15) is 18.0 Å². The topological polar surface area (TPSA) is 81.1 Å². The number of carbonyl (C=O) groups excluding carboxylic acids is 1. The normalized spacial score (nSPS) is 11.3. The highest BCUT2D eigenvalue weighted by Gasteiger charge is 2.29. The standard InChI is InChI=1S/C18H14F3N3O2/c19-18(20,21)12-7-5-11(6-8-12)9-23-16(25)15-10-26-17(24-15)13-3-1-2-4-14(13)22/h1-8,10H,9,22H2,(H,23,25). The molecule has 3 aromatic rings. The average Bonchev–Trinajstić information content (AvgIpc) is 3.09. The Bertz CT molecular complexity index is 918. The lowest BCUT2D eigenvalue weighted by molar-refractivity contribution is -0.137. The van der Waals surface area contributed by atoms with Crippen LogP contribution in [-0.2, 0) is 12.7 Å². The van der Waals surface area contributed by atoms with Crippen molar-refractivity contribution in [3.63, 3.8) is 0 Å². The molecule has 0 radical (unpaired) electrons. The highest BCUT2D eigenvalue weighted by molar-refractivity contribution is 5.92. The lowest BCUT2D eigenvalue weighted by Crippen LogP contribution is -2.23. The van der Waals surface area contributed by atoms with Gasteiger partial charge in [-0.25, -0.2) is 4.98 Å². The summed E-state index contributed by atoms with van der Waals surface area (Å²) in [6.07, 6.45) is -3.19. The van der Waals surface area contributed by atoms with Gasteiger partial charge in [-0.15, -0.1) is 0 Å². The molecule has 26 heavy (non-hydrogen) atoms. The predicted octanol–water partition coefficient (Wildman–Crippen LogP) is 3.87. The molecular formula is C18H14F3N3O2. The number of halogens is 3. The van der Waals surface area contributed by atoms with Gasteiger partial charge in [0.05, 0.1) is 11.1 Å². The molecule has 2 aromatic carbocycles. The van der Waals surface area contributed by atoms with E-state index in [4.69, 9.17) is 10.2 Å². The maximum Gasteiger partial charge on any atom is 0.416 e. The number of nitrogen functional groups attached to an aromatic ring is 1. The van der Waals surface area contributed by atoms with Crippen molar-refractivity contribution in [1.29, 1.82) is 0 Å². The van der Waals surface area contributed by atoms with E-state index in [0.29, 0.717) is 16.8 Å². The number of nitrogens with one attached hydrogen (secondary N) is 1. The monoisotopic (exact) mass is 361 g/mol. The van der Waals surface area contributed by atoms with Crippen LogP contribution in [0.5, 0.6) is 0 Å². The molecule has 0 aliphatic heterocycles. The zero-order valence-electron chi connectivity index (χ0n) is 13.4. The molecule has 0 bridgehead atoms. The third kappa shape index (κ3) is 3.85. The summed E-state index contributed by atoms with van der Waals surface area (Å²) in [7, 11) is 0. The number of oxazole rings is 1. The second-order valence-electron chi connectivity index (χ2n) is 5.50. The number of nitrogens with zero attached hydrogens (tertiary/aromatic N) is 1. The first-order valence-electron chi connectivity index (χ1n) is 7.59. The molecule has 0 saturated carbocycles. The van der Waals surface area contributed by atoms with E-state index in [2.05, 4.69) is 10.3 Å².